The summed E-state index contributed by atoms with van der Waals surface area (Å²) >= 11 is -0.136. The summed E-state index contributed by atoms with van der Waals surface area (Å²) in [7, 11) is 1.51. The molecule has 0 saturated carbocycles. The number of benzene rings is 1. The molecule has 0 saturated heterocycles. The van der Waals surface area contributed by atoms with Gasteiger partial charge in [0.2, 0.25) is 0 Å². The second-order valence-corrected chi connectivity index (χ2v) is 4.22. The van der Waals surface area contributed by atoms with Crippen molar-refractivity contribution in [3.8, 4) is 0 Å². The normalized spacial score (nSPS) is 13.0. The molecule has 98 valence electrons. The zero-order valence-electron chi connectivity index (χ0n) is 9.03. The number of thioether (sulfide) groups is 1. The van der Waals surface area contributed by atoms with Crippen molar-refractivity contribution in [2.75, 3.05) is 13.7 Å². The summed E-state index contributed by atoms with van der Waals surface area (Å²) in [5.74, 6) is 0. The standard InChI is InChI=1S/C10H12F3NOS.ClH/c1-15-9(6-14)7-2-4-8(5-3-7)16-10(11,12)13;/h2-5,9H,6,14H2,1H3;1H. The van der Waals surface area contributed by atoms with Gasteiger partial charge in [0.05, 0.1) is 6.10 Å². The minimum atomic E-state index is -4.25. The van der Waals surface area contributed by atoms with Crippen LogP contribution in [0.25, 0.3) is 0 Å². The van der Waals surface area contributed by atoms with E-state index in [1.165, 1.54) is 19.2 Å². The average Bonchev–Trinajstić information content (AvgIpc) is 2.20. The molecule has 0 aliphatic heterocycles. The van der Waals surface area contributed by atoms with Crippen molar-refractivity contribution in [1.82, 2.24) is 0 Å². The molecular weight excluding hydrogens is 275 g/mol. The Labute approximate surface area is 108 Å². The minimum absolute atomic E-state index is 0. The molecule has 0 aliphatic carbocycles. The van der Waals surface area contributed by atoms with Crippen molar-refractivity contribution in [2.45, 2.75) is 16.5 Å². The minimum Gasteiger partial charge on any atom is -0.375 e. The molecule has 2 nitrogen and oxygen atoms in total. The van der Waals surface area contributed by atoms with E-state index in [-0.39, 0.29) is 35.2 Å². The third-order valence-electron chi connectivity index (χ3n) is 1.98. The van der Waals surface area contributed by atoms with Crippen LogP contribution in [0.4, 0.5) is 13.2 Å². The Bertz CT molecular complexity index is 327. The number of hydrogen-bond donors (Lipinski definition) is 1. The second kappa shape index (κ2) is 7.10. The molecule has 1 aromatic carbocycles. The molecule has 7 heteroatoms. The van der Waals surface area contributed by atoms with Gasteiger partial charge in [0.1, 0.15) is 0 Å². The van der Waals surface area contributed by atoms with Gasteiger partial charge in [-0.1, -0.05) is 12.1 Å². The number of nitrogens with two attached hydrogens (primary N) is 1. The van der Waals surface area contributed by atoms with Gasteiger partial charge in [-0.3, -0.25) is 0 Å². The first-order valence-corrected chi connectivity index (χ1v) is 5.36. The van der Waals surface area contributed by atoms with E-state index in [1.54, 1.807) is 12.1 Å². The molecule has 17 heavy (non-hydrogen) atoms. The van der Waals surface area contributed by atoms with Gasteiger partial charge < -0.3 is 10.5 Å². The monoisotopic (exact) mass is 287 g/mol. The molecule has 0 aliphatic rings. The van der Waals surface area contributed by atoms with E-state index in [1.807, 2.05) is 0 Å². The maximum absolute atomic E-state index is 12.1. The molecule has 0 radical (unpaired) electrons. The molecule has 0 aromatic heterocycles. The first kappa shape index (κ1) is 16.6. The lowest BCUT2D eigenvalue weighted by Gasteiger charge is -2.13. The van der Waals surface area contributed by atoms with Crippen molar-refractivity contribution < 1.29 is 17.9 Å². The van der Waals surface area contributed by atoms with Crippen molar-refractivity contribution in [3.05, 3.63) is 29.8 Å². The van der Waals surface area contributed by atoms with E-state index in [9.17, 15) is 13.2 Å². The Kier molecular flexibility index (Phi) is 6.92. The third-order valence-corrected chi connectivity index (χ3v) is 2.72. The molecule has 2 N–H and O–H groups in total. The molecule has 1 atom stereocenters. The number of halogens is 4. The van der Waals surface area contributed by atoms with E-state index < -0.39 is 5.51 Å². The number of hydrogen-bond acceptors (Lipinski definition) is 3. The number of methoxy groups -OCH3 is 1. The van der Waals surface area contributed by atoms with Gasteiger partial charge >= 0.3 is 5.51 Å². The van der Waals surface area contributed by atoms with E-state index in [2.05, 4.69) is 0 Å². The Balaban J connectivity index is 0.00000256. The number of rotatable bonds is 4. The largest absolute Gasteiger partial charge is 0.446 e. The highest BCUT2D eigenvalue weighted by molar-refractivity contribution is 8.00. The highest BCUT2D eigenvalue weighted by Crippen LogP contribution is 2.37. The van der Waals surface area contributed by atoms with Crippen molar-refractivity contribution in [1.29, 1.82) is 0 Å². The summed E-state index contributed by atoms with van der Waals surface area (Å²) in [6.07, 6.45) is -0.273. The summed E-state index contributed by atoms with van der Waals surface area (Å²) in [5, 5.41) is 0. The Morgan fingerprint density at radius 3 is 2.18 bits per heavy atom. The maximum atomic E-state index is 12.1. The topological polar surface area (TPSA) is 35.2 Å². The number of ether oxygens (including phenoxy) is 1. The lowest BCUT2D eigenvalue weighted by Crippen LogP contribution is -2.13. The van der Waals surface area contributed by atoms with Crippen LogP contribution < -0.4 is 5.73 Å². The SMILES string of the molecule is COC(CN)c1ccc(SC(F)(F)F)cc1.Cl. The molecule has 0 spiro atoms. The first-order valence-electron chi connectivity index (χ1n) is 4.55. The van der Waals surface area contributed by atoms with E-state index in [0.717, 1.165) is 5.56 Å². The summed E-state index contributed by atoms with van der Waals surface area (Å²) in [6, 6.07) is 6.01. The van der Waals surface area contributed by atoms with Crippen LogP contribution in [0, 0.1) is 0 Å². The maximum Gasteiger partial charge on any atom is 0.446 e. The van der Waals surface area contributed by atoms with Gasteiger partial charge in [-0.15, -0.1) is 12.4 Å². The van der Waals surface area contributed by atoms with E-state index >= 15 is 0 Å². The molecule has 0 amide bonds. The van der Waals surface area contributed by atoms with Crippen LogP contribution in [0.1, 0.15) is 11.7 Å². The summed E-state index contributed by atoms with van der Waals surface area (Å²) in [4.78, 5) is 0.156. The number of alkyl halides is 3. The Hall–Kier alpha value is -0.430. The molecule has 0 heterocycles. The smallest absolute Gasteiger partial charge is 0.375 e. The predicted octanol–water partition coefficient (Wildman–Crippen LogP) is 3.37. The van der Waals surface area contributed by atoms with Gasteiger partial charge in [-0.25, -0.2) is 0 Å². The van der Waals surface area contributed by atoms with Crippen molar-refractivity contribution >= 4 is 24.2 Å². The van der Waals surface area contributed by atoms with Crippen LogP contribution in [-0.4, -0.2) is 19.2 Å². The van der Waals surface area contributed by atoms with Gasteiger partial charge in [-0.2, -0.15) is 13.2 Å². The van der Waals surface area contributed by atoms with Crippen molar-refractivity contribution in [2.24, 2.45) is 5.73 Å². The van der Waals surface area contributed by atoms with Crippen LogP contribution in [0.2, 0.25) is 0 Å². The predicted molar refractivity (Wildman–Crippen MR) is 64.4 cm³/mol. The van der Waals surface area contributed by atoms with Crippen molar-refractivity contribution in [3.63, 3.8) is 0 Å². The zero-order chi connectivity index (χ0) is 12.2. The van der Waals surface area contributed by atoms with Gasteiger partial charge in [0.25, 0.3) is 0 Å². The lowest BCUT2D eigenvalue weighted by atomic mass is 10.1. The van der Waals surface area contributed by atoms with Crippen LogP contribution in [0.5, 0.6) is 0 Å². The first-order chi connectivity index (χ1) is 7.46. The van der Waals surface area contributed by atoms with Gasteiger partial charge in [0.15, 0.2) is 0 Å². The highest BCUT2D eigenvalue weighted by atomic mass is 35.5. The molecule has 1 unspecified atom stereocenters. The lowest BCUT2D eigenvalue weighted by molar-refractivity contribution is -0.0328. The van der Waals surface area contributed by atoms with Crippen LogP contribution in [0.15, 0.2) is 29.2 Å². The fraction of sp³-hybridized carbons (Fsp3) is 0.400. The van der Waals surface area contributed by atoms with Gasteiger partial charge in [0, 0.05) is 18.6 Å². The van der Waals surface area contributed by atoms with E-state index in [4.69, 9.17) is 10.5 Å². The molecule has 0 bridgehead atoms. The fourth-order valence-electron chi connectivity index (χ4n) is 1.25. The molecular formula is C10H13ClF3NOS. The Morgan fingerprint density at radius 2 is 1.82 bits per heavy atom. The third kappa shape index (κ3) is 5.63. The second-order valence-electron chi connectivity index (χ2n) is 3.08. The Morgan fingerprint density at radius 1 is 1.29 bits per heavy atom. The summed E-state index contributed by atoms with van der Waals surface area (Å²) in [5.41, 5.74) is 1.97. The average molecular weight is 288 g/mol. The fourth-order valence-corrected chi connectivity index (χ4v) is 1.79. The van der Waals surface area contributed by atoms with Crippen LogP contribution >= 0.6 is 24.2 Å². The summed E-state index contributed by atoms with van der Waals surface area (Å²) < 4.78 is 41.2. The molecule has 1 rings (SSSR count). The highest BCUT2D eigenvalue weighted by Gasteiger charge is 2.29. The van der Waals surface area contributed by atoms with Gasteiger partial charge in [-0.05, 0) is 29.5 Å². The zero-order valence-corrected chi connectivity index (χ0v) is 10.7. The molecule has 1 aromatic rings. The van der Waals surface area contributed by atoms with E-state index in [0.29, 0.717) is 6.54 Å². The van der Waals surface area contributed by atoms with Crippen LogP contribution in [0.3, 0.4) is 0 Å². The quantitative estimate of drug-likeness (QED) is 0.863. The van der Waals surface area contributed by atoms with Crippen LogP contribution in [-0.2, 0) is 4.74 Å². The molecule has 0 fully saturated rings. The summed E-state index contributed by atoms with van der Waals surface area (Å²) in [6.45, 7) is 0.294.